The fraction of sp³-hybridized carbons (Fsp3) is 0. The summed E-state index contributed by atoms with van der Waals surface area (Å²) in [6, 6.07) is 29.0. The van der Waals surface area contributed by atoms with Gasteiger partial charge in [0.25, 0.3) is 5.91 Å². The van der Waals surface area contributed by atoms with E-state index >= 15 is 0 Å². The molecule has 148 valence electrons. The number of nitrogens with zero attached hydrogens (tertiary/aromatic N) is 2. The van der Waals surface area contributed by atoms with Crippen LogP contribution in [0.2, 0.25) is 0 Å². The summed E-state index contributed by atoms with van der Waals surface area (Å²) in [5.41, 5.74) is 14.9. The molecule has 0 aliphatic heterocycles. The number of hydrogen-bond acceptors (Lipinski definition) is 3. The first kappa shape index (κ1) is 19.4. The molecule has 0 radical (unpaired) electrons. The molecule has 3 aromatic carbocycles. The van der Waals surface area contributed by atoms with E-state index in [1.54, 1.807) is 4.68 Å². The summed E-state index contributed by atoms with van der Waals surface area (Å²) in [4.78, 5) is 13.2. The highest BCUT2D eigenvalue weighted by Crippen LogP contribution is 2.35. The molecule has 7 heteroatoms. The lowest BCUT2D eigenvalue weighted by atomic mass is 9.98. The van der Waals surface area contributed by atoms with Gasteiger partial charge in [0.15, 0.2) is 5.11 Å². The maximum atomic E-state index is 13.2. The molecule has 0 spiro atoms. The van der Waals surface area contributed by atoms with Gasteiger partial charge in [0, 0.05) is 11.1 Å². The van der Waals surface area contributed by atoms with Gasteiger partial charge in [0.1, 0.15) is 11.4 Å². The summed E-state index contributed by atoms with van der Waals surface area (Å²) < 4.78 is 1.64. The lowest BCUT2D eigenvalue weighted by molar-refractivity contribution is 0.0937. The van der Waals surface area contributed by atoms with Gasteiger partial charge in [-0.15, -0.1) is 0 Å². The molecule has 0 aliphatic carbocycles. The first-order chi connectivity index (χ1) is 14.6. The van der Waals surface area contributed by atoms with Crippen LogP contribution in [-0.4, -0.2) is 20.8 Å². The van der Waals surface area contributed by atoms with E-state index < -0.39 is 5.91 Å². The van der Waals surface area contributed by atoms with Gasteiger partial charge < -0.3 is 5.73 Å². The molecule has 1 aromatic heterocycles. The minimum Gasteiger partial charge on any atom is -0.375 e. The summed E-state index contributed by atoms with van der Waals surface area (Å²) >= 11 is 4.83. The van der Waals surface area contributed by atoms with Crippen LogP contribution in [0.4, 0.5) is 0 Å². The fourth-order valence-electron chi connectivity index (χ4n) is 3.24. The van der Waals surface area contributed by atoms with Crippen LogP contribution >= 0.6 is 12.2 Å². The molecule has 1 amide bonds. The molecule has 4 aromatic rings. The van der Waals surface area contributed by atoms with E-state index in [4.69, 9.17) is 23.1 Å². The SMILES string of the molecule is NC(=S)NNC(=O)c1c(-c2ccccc2)c(-c2ccccc2)nn1-c1ccccc1. The van der Waals surface area contributed by atoms with Gasteiger partial charge in [0.05, 0.1) is 5.69 Å². The van der Waals surface area contributed by atoms with Gasteiger partial charge >= 0.3 is 0 Å². The highest BCUT2D eigenvalue weighted by Gasteiger charge is 2.26. The number of rotatable bonds is 4. The smallest absolute Gasteiger partial charge is 0.289 e. The first-order valence-corrected chi connectivity index (χ1v) is 9.71. The van der Waals surface area contributed by atoms with Crippen LogP contribution in [0, 0.1) is 0 Å². The monoisotopic (exact) mass is 413 g/mol. The van der Waals surface area contributed by atoms with Crippen molar-refractivity contribution in [3.63, 3.8) is 0 Å². The van der Waals surface area contributed by atoms with Crippen molar-refractivity contribution in [3.05, 3.63) is 96.7 Å². The second-order valence-corrected chi connectivity index (χ2v) is 6.93. The van der Waals surface area contributed by atoms with Crippen molar-refractivity contribution in [1.29, 1.82) is 0 Å². The number of hydrazine groups is 1. The number of carbonyl (C=O) groups is 1. The molecule has 0 saturated heterocycles. The van der Waals surface area contributed by atoms with Crippen molar-refractivity contribution in [2.75, 3.05) is 0 Å². The molecule has 4 rings (SSSR count). The average Bonchev–Trinajstić information content (AvgIpc) is 3.20. The molecule has 1 heterocycles. The third-order valence-electron chi connectivity index (χ3n) is 4.51. The fourth-order valence-corrected chi connectivity index (χ4v) is 3.29. The Balaban J connectivity index is 2.00. The van der Waals surface area contributed by atoms with Crippen molar-refractivity contribution in [2.24, 2.45) is 5.73 Å². The molecule has 0 aliphatic rings. The number of carbonyl (C=O) groups excluding carboxylic acids is 1. The number of nitrogens with two attached hydrogens (primary N) is 1. The average molecular weight is 414 g/mol. The van der Waals surface area contributed by atoms with Gasteiger partial charge in [0.2, 0.25) is 0 Å². The van der Waals surface area contributed by atoms with Crippen LogP contribution in [0.5, 0.6) is 0 Å². The van der Waals surface area contributed by atoms with E-state index in [1.165, 1.54) is 0 Å². The third kappa shape index (κ3) is 3.92. The second-order valence-electron chi connectivity index (χ2n) is 6.49. The number of para-hydroxylation sites is 1. The Morgan fingerprint density at radius 1 is 0.800 bits per heavy atom. The van der Waals surface area contributed by atoms with Crippen molar-refractivity contribution in [1.82, 2.24) is 20.6 Å². The zero-order valence-corrected chi connectivity index (χ0v) is 16.8. The van der Waals surface area contributed by atoms with E-state index in [9.17, 15) is 4.79 Å². The maximum Gasteiger partial charge on any atom is 0.289 e. The van der Waals surface area contributed by atoms with Crippen molar-refractivity contribution in [2.45, 2.75) is 0 Å². The summed E-state index contributed by atoms with van der Waals surface area (Å²) in [5.74, 6) is -0.403. The zero-order chi connectivity index (χ0) is 20.9. The molecule has 0 saturated carbocycles. The lowest BCUT2D eigenvalue weighted by Gasteiger charge is -2.11. The Labute approximate surface area is 179 Å². The van der Waals surface area contributed by atoms with E-state index in [0.29, 0.717) is 17.0 Å². The van der Waals surface area contributed by atoms with Crippen LogP contribution in [0.15, 0.2) is 91.0 Å². The number of amides is 1. The number of aromatic nitrogens is 2. The Morgan fingerprint density at radius 3 is 1.90 bits per heavy atom. The van der Waals surface area contributed by atoms with Gasteiger partial charge in [-0.2, -0.15) is 5.10 Å². The molecule has 0 fully saturated rings. The number of benzene rings is 3. The number of hydrogen-bond donors (Lipinski definition) is 3. The Bertz CT molecular complexity index is 1170. The van der Waals surface area contributed by atoms with Crippen LogP contribution in [0.1, 0.15) is 10.5 Å². The van der Waals surface area contributed by atoms with E-state index in [0.717, 1.165) is 16.8 Å². The van der Waals surface area contributed by atoms with E-state index in [1.807, 2.05) is 91.0 Å². The maximum absolute atomic E-state index is 13.2. The summed E-state index contributed by atoms with van der Waals surface area (Å²) in [6.45, 7) is 0. The summed E-state index contributed by atoms with van der Waals surface area (Å²) in [5, 5.41) is 4.81. The van der Waals surface area contributed by atoms with Crippen molar-refractivity contribution in [3.8, 4) is 28.1 Å². The van der Waals surface area contributed by atoms with Gasteiger partial charge in [-0.25, -0.2) is 4.68 Å². The highest BCUT2D eigenvalue weighted by atomic mass is 32.1. The largest absolute Gasteiger partial charge is 0.375 e. The Kier molecular flexibility index (Phi) is 5.54. The molecule has 4 N–H and O–H groups in total. The molecule has 30 heavy (non-hydrogen) atoms. The Morgan fingerprint density at radius 2 is 1.33 bits per heavy atom. The zero-order valence-electron chi connectivity index (χ0n) is 15.9. The van der Waals surface area contributed by atoms with Crippen molar-refractivity contribution >= 4 is 23.2 Å². The molecule has 6 nitrogen and oxygen atoms in total. The minimum atomic E-state index is -0.403. The van der Waals surface area contributed by atoms with Crippen molar-refractivity contribution < 1.29 is 4.79 Å². The predicted octanol–water partition coefficient (Wildman–Crippen LogP) is 3.68. The van der Waals surface area contributed by atoms with Crippen LogP contribution in [0.3, 0.4) is 0 Å². The Hall–Kier alpha value is -3.97. The van der Waals surface area contributed by atoms with Gasteiger partial charge in [-0.3, -0.25) is 15.6 Å². The van der Waals surface area contributed by atoms with Crippen LogP contribution < -0.4 is 16.6 Å². The first-order valence-electron chi connectivity index (χ1n) is 9.30. The number of thiocarbonyl (C=S) groups is 1. The van der Waals surface area contributed by atoms with Gasteiger partial charge in [-0.05, 0) is 29.9 Å². The quantitative estimate of drug-likeness (QED) is 0.351. The van der Waals surface area contributed by atoms with Crippen LogP contribution in [0.25, 0.3) is 28.1 Å². The topological polar surface area (TPSA) is 85.0 Å². The molecule has 0 atom stereocenters. The standard InChI is InChI=1S/C23H19N5OS/c24-23(30)26-25-22(29)21-19(16-10-4-1-5-11-16)20(17-12-6-2-7-13-17)27-28(21)18-14-8-3-9-15-18/h1-15H,(H,25,29)(H3,24,26,30). The highest BCUT2D eigenvalue weighted by molar-refractivity contribution is 7.80. The minimum absolute atomic E-state index is 0.0290. The van der Waals surface area contributed by atoms with E-state index in [-0.39, 0.29) is 5.11 Å². The molecule has 0 bridgehead atoms. The molecular weight excluding hydrogens is 394 g/mol. The van der Waals surface area contributed by atoms with Gasteiger partial charge in [-0.1, -0.05) is 78.9 Å². The lowest BCUT2D eigenvalue weighted by Crippen LogP contribution is -2.45. The van der Waals surface area contributed by atoms with E-state index in [2.05, 4.69) is 10.9 Å². The molecule has 0 unspecified atom stereocenters. The third-order valence-corrected chi connectivity index (χ3v) is 4.61. The predicted molar refractivity (Wildman–Crippen MR) is 122 cm³/mol. The van der Waals surface area contributed by atoms with Crippen LogP contribution in [-0.2, 0) is 0 Å². The number of nitrogens with one attached hydrogen (secondary N) is 2. The normalized spacial score (nSPS) is 10.4. The summed E-state index contributed by atoms with van der Waals surface area (Å²) in [6.07, 6.45) is 0. The second kappa shape index (κ2) is 8.59. The molecular formula is C23H19N5OS. The summed E-state index contributed by atoms with van der Waals surface area (Å²) in [7, 11) is 0.